The lowest BCUT2D eigenvalue weighted by molar-refractivity contribution is 0.102. The SMILES string of the molecule is C=CCOc1c(I)cc(C=Nc2sc3c(c2C(=O)Nc2ccccc2)CCCC3)cc1OC. The highest BCUT2D eigenvalue weighted by Gasteiger charge is 2.25. The predicted molar refractivity (Wildman–Crippen MR) is 144 cm³/mol. The highest BCUT2D eigenvalue weighted by molar-refractivity contribution is 14.1. The number of rotatable bonds is 8. The van der Waals surface area contributed by atoms with Crippen LogP contribution < -0.4 is 14.8 Å². The lowest BCUT2D eigenvalue weighted by Crippen LogP contribution is -2.14. The fraction of sp³-hybridized carbons (Fsp3) is 0.231. The Morgan fingerprint density at radius 3 is 2.79 bits per heavy atom. The predicted octanol–water partition coefficient (Wildman–Crippen LogP) is 6.81. The van der Waals surface area contributed by atoms with E-state index in [4.69, 9.17) is 14.5 Å². The van der Waals surface area contributed by atoms with Crippen molar-refractivity contribution in [2.75, 3.05) is 19.0 Å². The smallest absolute Gasteiger partial charge is 0.259 e. The van der Waals surface area contributed by atoms with Crippen molar-refractivity contribution in [1.29, 1.82) is 0 Å². The zero-order valence-electron chi connectivity index (χ0n) is 18.4. The van der Waals surface area contributed by atoms with Crippen LogP contribution >= 0.6 is 33.9 Å². The number of aryl methyl sites for hydroxylation is 1. The molecule has 1 aliphatic carbocycles. The number of halogens is 1. The second kappa shape index (κ2) is 11.0. The molecule has 7 heteroatoms. The number of para-hydroxylation sites is 1. The number of nitrogens with zero attached hydrogens (tertiary/aromatic N) is 1. The van der Waals surface area contributed by atoms with Gasteiger partial charge in [0, 0.05) is 16.8 Å². The van der Waals surface area contributed by atoms with Crippen molar-refractivity contribution in [2.24, 2.45) is 4.99 Å². The summed E-state index contributed by atoms with van der Waals surface area (Å²) in [6.07, 6.45) is 7.66. The van der Waals surface area contributed by atoms with Crippen LogP contribution in [-0.2, 0) is 12.8 Å². The molecule has 0 saturated carbocycles. The zero-order chi connectivity index (χ0) is 23.2. The highest BCUT2D eigenvalue weighted by atomic mass is 127. The summed E-state index contributed by atoms with van der Waals surface area (Å²) in [5, 5.41) is 3.78. The molecule has 3 aromatic rings. The van der Waals surface area contributed by atoms with Gasteiger partial charge in [-0.2, -0.15) is 0 Å². The van der Waals surface area contributed by atoms with Crippen molar-refractivity contribution in [3.05, 3.63) is 80.3 Å². The van der Waals surface area contributed by atoms with E-state index >= 15 is 0 Å². The minimum Gasteiger partial charge on any atom is -0.493 e. The first-order chi connectivity index (χ1) is 16.1. The molecule has 2 aromatic carbocycles. The van der Waals surface area contributed by atoms with Crippen LogP contribution in [0.25, 0.3) is 0 Å². The van der Waals surface area contributed by atoms with Gasteiger partial charge >= 0.3 is 0 Å². The number of benzene rings is 2. The fourth-order valence-corrected chi connectivity index (χ4v) is 5.83. The van der Waals surface area contributed by atoms with Crippen LogP contribution in [0.4, 0.5) is 10.7 Å². The van der Waals surface area contributed by atoms with E-state index in [1.165, 1.54) is 4.88 Å². The summed E-state index contributed by atoms with van der Waals surface area (Å²) >= 11 is 3.85. The number of fused-ring (bicyclic) bond motifs is 1. The lowest BCUT2D eigenvalue weighted by Gasteiger charge is -2.13. The monoisotopic (exact) mass is 572 g/mol. The maximum absolute atomic E-state index is 13.3. The van der Waals surface area contributed by atoms with Crippen molar-refractivity contribution in [2.45, 2.75) is 25.7 Å². The van der Waals surface area contributed by atoms with E-state index < -0.39 is 0 Å². The van der Waals surface area contributed by atoms with E-state index in [1.54, 1.807) is 30.7 Å². The molecule has 1 amide bonds. The van der Waals surface area contributed by atoms with E-state index in [-0.39, 0.29) is 5.91 Å². The summed E-state index contributed by atoms with van der Waals surface area (Å²) in [4.78, 5) is 19.3. The van der Waals surface area contributed by atoms with Crippen molar-refractivity contribution in [3.63, 3.8) is 0 Å². The summed E-state index contributed by atoms with van der Waals surface area (Å²) in [6.45, 7) is 4.10. The number of hydrogen-bond acceptors (Lipinski definition) is 5. The molecule has 0 radical (unpaired) electrons. The molecule has 170 valence electrons. The van der Waals surface area contributed by atoms with Gasteiger partial charge < -0.3 is 14.8 Å². The largest absolute Gasteiger partial charge is 0.493 e. The Bertz CT molecular complexity index is 1190. The van der Waals surface area contributed by atoms with Crippen LogP contribution in [-0.4, -0.2) is 25.8 Å². The second-order valence-electron chi connectivity index (χ2n) is 7.60. The Balaban J connectivity index is 1.66. The number of methoxy groups -OCH3 is 1. The van der Waals surface area contributed by atoms with Crippen LogP contribution in [0.3, 0.4) is 0 Å². The number of ether oxygens (including phenoxy) is 2. The molecule has 4 rings (SSSR count). The van der Waals surface area contributed by atoms with Crippen molar-refractivity contribution in [3.8, 4) is 11.5 Å². The number of amides is 1. The molecule has 0 unspecified atom stereocenters. The molecule has 0 spiro atoms. The summed E-state index contributed by atoms with van der Waals surface area (Å²) in [5.41, 5.74) is 3.50. The van der Waals surface area contributed by atoms with Gasteiger partial charge in [-0.05, 0) is 83.7 Å². The molecule has 1 aliphatic rings. The lowest BCUT2D eigenvalue weighted by atomic mass is 9.95. The quantitative estimate of drug-likeness (QED) is 0.183. The molecular weight excluding hydrogens is 547 g/mol. The first kappa shape index (κ1) is 23.5. The van der Waals surface area contributed by atoms with E-state index in [9.17, 15) is 4.79 Å². The van der Waals surface area contributed by atoms with Gasteiger partial charge in [0.2, 0.25) is 0 Å². The van der Waals surface area contributed by atoms with Gasteiger partial charge in [-0.3, -0.25) is 4.79 Å². The van der Waals surface area contributed by atoms with Crippen LogP contribution in [0.2, 0.25) is 0 Å². The third-order valence-corrected chi connectivity index (χ3v) is 7.34. The zero-order valence-corrected chi connectivity index (χ0v) is 21.4. The number of thiophene rings is 1. The molecule has 0 fully saturated rings. The summed E-state index contributed by atoms with van der Waals surface area (Å²) < 4.78 is 12.2. The van der Waals surface area contributed by atoms with E-state index in [0.717, 1.165) is 51.1 Å². The maximum Gasteiger partial charge on any atom is 0.259 e. The molecular formula is C26H25IN2O3S. The number of aliphatic imine (C=N–C) groups is 1. The number of anilines is 1. The average Bonchev–Trinajstić information content (AvgIpc) is 3.21. The van der Waals surface area contributed by atoms with Crippen LogP contribution in [0.5, 0.6) is 11.5 Å². The summed E-state index contributed by atoms with van der Waals surface area (Å²) in [7, 11) is 1.62. The van der Waals surface area contributed by atoms with Crippen LogP contribution in [0.15, 0.2) is 60.1 Å². The van der Waals surface area contributed by atoms with Gasteiger partial charge in [0.1, 0.15) is 11.6 Å². The Morgan fingerprint density at radius 2 is 2.03 bits per heavy atom. The Kier molecular flexibility index (Phi) is 7.82. The van der Waals surface area contributed by atoms with Gasteiger partial charge in [-0.15, -0.1) is 11.3 Å². The standard InChI is InChI=1S/C26H25IN2O3S/c1-3-13-32-24-20(27)14-17(15-21(24)31-2)16-28-26-23(19-11-7-8-12-22(19)33-26)25(30)29-18-9-5-4-6-10-18/h3-6,9-10,14-16H,1,7-8,11-13H2,2H3,(H,29,30). The van der Waals surface area contributed by atoms with Gasteiger partial charge in [0.05, 0.1) is 16.2 Å². The maximum atomic E-state index is 13.3. The first-order valence-corrected chi connectivity index (χ1v) is 12.7. The Morgan fingerprint density at radius 1 is 1.24 bits per heavy atom. The number of carbonyl (C=O) groups is 1. The summed E-state index contributed by atoms with van der Waals surface area (Å²) in [6, 6.07) is 13.4. The highest BCUT2D eigenvalue weighted by Crippen LogP contribution is 2.40. The average molecular weight is 572 g/mol. The van der Waals surface area contributed by atoms with Crippen LogP contribution in [0.1, 0.15) is 39.2 Å². The minimum atomic E-state index is -0.104. The molecule has 1 aromatic heterocycles. The fourth-order valence-electron chi connectivity index (χ4n) is 3.82. The molecule has 0 bridgehead atoms. The number of carbonyl (C=O) groups excluding carboxylic acids is 1. The Labute approximate surface area is 211 Å². The second-order valence-corrected chi connectivity index (χ2v) is 9.85. The molecule has 1 N–H and O–H groups in total. The van der Waals surface area contributed by atoms with Crippen molar-refractivity contribution < 1.29 is 14.3 Å². The van der Waals surface area contributed by atoms with Gasteiger partial charge in [0.25, 0.3) is 5.91 Å². The van der Waals surface area contributed by atoms with E-state index in [1.807, 2.05) is 42.5 Å². The van der Waals surface area contributed by atoms with Gasteiger partial charge in [-0.1, -0.05) is 30.9 Å². The third-order valence-electron chi connectivity index (χ3n) is 5.34. The van der Waals surface area contributed by atoms with Crippen molar-refractivity contribution in [1.82, 2.24) is 0 Å². The van der Waals surface area contributed by atoms with Gasteiger partial charge in [-0.25, -0.2) is 4.99 Å². The minimum absolute atomic E-state index is 0.104. The van der Waals surface area contributed by atoms with Crippen molar-refractivity contribution >= 4 is 56.7 Å². The molecule has 33 heavy (non-hydrogen) atoms. The number of nitrogens with one attached hydrogen (secondary N) is 1. The molecule has 0 saturated heterocycles. The normalized spacial score (nSPS) is 12.9. The van der Waals surface area contributed by atoms with Gasteiger partial charge in [0.15, 0.2) is 11.5 Å². The Hall–Kier alpha value is -2.65. The van der Waals surface area contributed by atoms with E-state index in [2.05, 4.69) is 34.5 Å². The molecule has 1 heterocycles. The summed E-state index contributed by atoms with van der Waals surface area (Å²) in [5.74, 6) is 1.22. The topological polar surface area (TPSA) is 59.9 Å². The first-order valence-electron chi connectivity index (χ1n) is 10.8. The third kappa shape index (κ3) is 5.47. The molecule has 0 atom stereocenters. The molecule has 0 aliphatic heterocycles. The van der Waals surface area contributed by atoms with E-state index in [0.29, 0.717) is 23.7 Å². The molecule has 5 nitrogen and oxygen atoms in total. The number of hydrogen-bond donors (Lipinski definition) is 1. The van der Waals surface area contributed by atoms with Crippen LogP contribution in [0, 0.1) is 3.57 Å².